The molecule has 0 saturated heterocycles. The summed E-state index contributed by atoms with van der Waals surface area (Å²) in [4.78, 5) is 13.2. The van der Waals surface area contributed by atoms with E-state index in [0.717, 1.165) is 31.2 Å². The molecule has 3 nitrogen and oxygen atoms in total. The highest BCUT2D eigenvalue weighted by Crippen LogP contribution is 2.42. The number of amides is 1. The van der Waals surface area contributed by atoms with E-state index < -0.39 is 0 Å². The predicted octanol–water partition coefficient (Wildman–Crippen LogP) is 5.00. The molecule has 0 aliphatic heterocycles. The molecule has 0 fully saturated rings. The summed E-state index contributed by atoms with van der Waals surface area (Å²) < 4.78 is 0. The van der Waals surface area contributed by atoms with Crippen molar-refractivity contribution in [3.63, 3.8) is 0 Å². The molecular formula is C19H19BrN2OS. The maximum absolute atomic E-state index is 12.1. The van der Waals surface area contributed by atoms with Gasteiger partial charge in [0, 0.05) is 4.88 Å². The molecule has 2 atom stereocenters. The molecular weight excluding hydrogens is 384 g/mol. The van der Waals surface area contributed by atoms with Crippen molar-refractivity contribution in [3.8, 4) is 6.07 Å². The minimum absolute atomic E-state index is 0.0767. The van der Waals surface area contributed by atoms with Gasteiger partial charge in [0.25, 0.3) is 0 Å². The molecule has 1 aliphatic rings. The molecule has 0 saturated carbocycles. The first-order chi connectivity index (χ1) is 11.6. The number of anilines is 1. The highest BCUT2D eigenvalue weighted by molar-refractivity contribution is 9.10. The van der Waals surface area contributed by atoms with Crippen LogP contribution in [-0.4, -0.2) is 10.7 Å². The number of halogens is 1. The van der Waals surface area contributed by atoms with Crippen LogP contribution in [0.2, 0.25) is 0 Å². The van der Waals surface area contributed by atoms with Crippen LogP contribution in [0.1, 0.15) is 47.3 Å². The second-order valence-electron chi connectivity index (χ2n) is 6.04. The van der Waals surface area contributed by atoms with Crippen molar-refractivity contribution in [3.05, 3.63) is 51.9 Å². The first kappa shape index (κ1) is 17.2. The summed E-state index contributed by atoms with van der Waals surface area (Å²) in [5.41, 5.74) is 3.14. The number of alkyl halides is 1. The Labute approximate surface area is 154 Å². The van der Waals surface area contributed by atoms with Gasteiger partial charge in [-0.05, 0) is 42.7 Å². The zero-order chi connectivity index (χ0) is 17.1. The molecule has 1 aromatic heterocycles. The molecule has 24 heavy (non-hydrogen) atoms. The molecule has 3 rings (SSSR count). The topological polar surface area (TPSA) is 52.9 Å². The van der Waals surface area contributed by atoms with E-state index in [9.17, 15) is 10.1 Å². The highest BCUT2D eigenvalue weighted by atomic mass is 79.9. The minimum atomic E-state index is -0.222. The number of nitrogens with zero attached hydrogens (tertiary/aromatic N) is 1. The average molecular weight is 403 g/mol. The number of carbonyl (C=O) groups excluding carboxylic acids is 1. The van der Waals surface area contributed by atoms with Gasteiger partial charge in [0.05, 0.1) is 10.4 Å². The van der Waals surface area contributed by atoms with E-state index in [2.05, 4.69) is 51.6 Å². The molecule has 5 heteroatoms. The van der Waals surface area contributed by atoms with Crippen LogP contribution in [0.25, 0.3) is 0 Å². The van der Waals surface area contributed by atoms with Gasteiger partial charge in [0.2, 0.25) is 5.91 Å². The summed E-state index contributed by atoms with van der Waals surface area (Å²) in [6, 6.07) is 12.8. The molecule has 0 unspecified atom stereocenters. The Balaban J connectivity index is 1.85. The molecule has 1 aromatic carbocycles. The summed E-state index contributed by atoms with van der Waals surface area (Å²) in [6.45, 7) is 1.95. The Morgan fingerprint density at radius 3 is 2.88 bits per heavy atom. The maximum Gasteiger partial charge on any atom is 0.238 e. The summed E-state index contributed by atoms with van der Waals surface area (Å²) in [5, 5.41) is 13.2. The van der Waals surface area contributed by atoms with E-state index in [-0.39, 0.29) is 10.7 Å². The Kier molecular flexibility index (Phi) is 5.37. The molecule has 0 bridgehead atoms. The third kappa shape index (κ3) is 3.40. The monoisotopic (exact) mass is 402 g/mol. The number of carbonyl (C=O) groups is 1. The minimum Gasteiger partial charge on any atom is -0.316 e. The fourth-order valence-electron chi connectivity index (χ4n) is 3.18. The van der Waals surface area contributed by atoms with Crippen molar-refractivity contribution < 1.29 is 4.79 Å². The number of rotatable bonds is 4. The van der Waals surface area contributed by atoms with E-state index in [4.69, 9.17) is 0 Å². The SMILES string of the molecule is CC[C@H](Br)C(=O)Nc1sc2c(c1C#N)CC[C@@H](c1ccccc1)C2. The predicted molar refractivity (Wildman–Crippen MR) is 102 cm³/mol. The van der Waals surface area contributed by atoms with E-state index in [0.29, 0.717) is 16.5 Å². The van der Waals surface area contributed by atoms with Gasteiger partial charge in [-0.2, -0.15) is 5.26 Å². The van der Waals surface area contributed by atoms with E-state index in [1.807, 2.05) is 13.0 Å². The fourth-order valence-corrected chi connectivity index (χ4v) is 4.57. The average Bonchev–Trinajstić information content (AvgIpc) is 2.97. The summed E-state index contributed by atoms with van der Waals surface area (Å²) >= 11 is 4.93. The third-order valence-electron chi connectivity index (χ3n) is 4.53. The van der Waals surface area contributed by atoms with Crippen LogP contribution in [0.3, 0.4) is 0 Å². The normalized spacial score (nSPS) is 17.6. The lowest BCUT2D eigenvalue weighted by Gasteiger charge is -2.22. The number of fused-ring (bicyclic) bond motifs is 1. The third-order valence-corrected chi connectivity index (χ3v) is 6.76. The van der Waals surface area contributed by atoms with Gasteiger partial charge in [0.15, 0.2) is 0 Å². The smallest absolute Gasteiger partial charge is 0.238 e. The van der Waals surface area contributed by atoms with Crippen LogP contribution in [0.4, 0.5) is 5.00 Å². The van der Waals surface area contributed by atoms with Crippen LogP contribution in [0.5, 0.6) is 0 Å². The van der Waals surface area contributed by atoms with Crippen LogP contribution in [-0.2, 0) is 17.6 Å². The molecule has 124 valence electrons. The van der Waals surface area contributed by atoms with E-state index in [1.54, 1.807) is 11.3 Å². The Hall–Kier alpha value is -1.64. The van der Waals surface area contributed by atoms with Gasteiger partial charge in [0.1, 0.15) is 11.1 Å². The van der Waals surface area contributed by atoms with E-state index in [1.165, 1.54) is 10.4 Å². The van der Waals surface area contributed by atoms with Crippen LogP contribution in [0, 0.1) is 11.3 Å². The second kappa shape index (κ2) is 7.50. The number of thiophene rings is 1. The molecule has 1 heterocycles. The van der Waals surface area contributed by atoms with Crippen molar-refractivity contribution in [2.45, 2.75) is 43.4 Å². The Bertz CT molecular complexity index is 779. The van der Waals surface area contributed by atoms with Crippen LogP contribution in [0.15, 0.2) is 30.3 Å². The maximum atomic E-state index is 12.1. The van der Waals surface area contributed by atoms with Crippen molar-refractivity contribution in [1.82, 2.24) is 0 Å². The molecule has 1 aliphatic carbocycles. The van der Waals surface area contributed by atoms with Gasteiger partial charge < -0.3 is 5.32 Å². The quantitative estimate of drug-likeness (QED) is 0.730. The van der Waals surface area contributed by atoms with Gasteiger partial charge in [-0.1, -0.05) is 53.2 Å². The van der Waals surface area contributed by atoms with Crippen molar-refractivity contribution in [1.29, 1.82) is 5.26 Å². The van der Waals surface area contributed by atoms with Gasteiger partial charge in [-0.25, -0.2) is 0 Å². The number of hydrogen-bond donors (Lipinski definition) is 1. The number of hydrogen-bond acceptors (Lipinski definition) is 3. The fraction of sp³-hybridized carbons (Fsp3) is 0.368. The summed E-state index contributed by atoms with van der Waals surface area (Å²) in [6.07, 6.45) is 3.61. The number of benzene rings is 1. The Morgan fingerprint density at radius 2 is 2.21 bits per heavy atom. The first-order valence-electron chi connectivity index (χ1n) is 8.18. The van der Waals surface area contributed by atoms with Gasteiger partial charge >= 0.3 is 0 Å². The Morgan fingerprint density at radius 1 is 1.46 bits per heavy atom. The van der Waals surface area contributed by atoms with Crippen molar-refractivity contribution in [2.24, 2.45) is 0 Å². The van der Waals surface area contributed by atoms with Crippen molar-refractivity contribution in [2.75, 3.05) is 5.32 Å². The summed E-state index contributed by atoms with van der Waals surface area (Å²) in [7, 11) is 0. The lowest BCUT2D eigenvalue weighted by atomic mass is 9.83. The molecule has 0 radical (unpaired) electrons. The molecule has 1 amide bonds. The standard InChI is InChI=1S/C19H19BrN2OS/c1-2-16(20)18(23)22-19-15(11-21)14-9-8-13(10-17(14)24-19)12-6-4-3-5-7-12/h3-7,13,16H,2,8-10H2,1H3,(H,22,23)/t13-,16+/m1/s1. The van der Waals surface area contributed by atoms with Gasteiger partial charge in [-0.3, -0.25) is 4.79 Å². The number of nitrogens with one attached hydrogen (secondary N) is 1. The van der Waals surface area contributed by atoms with E-state index >= 15 is 0 Å². The zero-order valence-corrected chi connectivity index (χ0v) is 15.9. The second-order valence-corrected chi connectivity index (χ2v) is 8.25. The first-order valence-corrected chi connectivity index (χ1v) is 9.91. The lowest BCUT2D eigenvalue weighted by molar-refractivity contribution is -0.115. The van der Waals surface area contributed by atoms with Crippen LogP contribution >= 0.6 is 27.3 Å². The lowest BCUT2D eigenvalue weighted by Crippen LogP contribution is -2.21. The molecule has 0 spiro atoms. The highest BCUT2D eigenvalue weighted by Gasteiger charge is 2.27. The zero-order valence-electron chi connectivity index (χ0n) is 13.5. The van der Waals surface area contributed by atoms with Gasteiger partial charge in [-0.15, -0.1) is 11.3 Å². The van der Waals surface area contributed by atoms with Crippen LogP contribution < -0.4 is 5.32 Å². The molecule has 1 N–H and O–H groups in total. The number of nitriles is 1. The summed E-state index contributed by atoms with van der Waals surface area (Å²) in [5.74, 6) is 0.416. The largest absolute Gasteiger partial charge is 0.316 e. The van der Waals surface area contributed by atoms with Crippen molar-refractivity contribution >= 4 is 38.2 Å². The molecule has 2 aromatic rings.